The molecule has 0 aliphatic rings. The number of carbonyl (C=O) groups is 1. The summed E-state index contributed by atoms with van der Waals surface area (Å²) < 4.78 is 28.8. The van der Waals surface area contributed by atoms with Gasteiger partial charge >= 0.3 is 5.97 Å². The van der Waals surface area contributed by atoms with Gasteiger partial charge in [0.2, 0.25) is 5.88 Å². The molecule has 82 valence electrons. The number of hydrogen-bond acceptors (Lipinski definition) is 4. The zero-order valence-corrected chi connectivity index (χ0v) is 7.72. The van der Waals surface area contributed by atoms with E-state index in [1.165, 1.54) is 6.92 Å². The van der Waals surface area contributed by atoms with Gasteiger partial charge in [-0.1, -0.05) is 0 Å². The molecule has 1 unspecified atom stereocenters. The van der Waals surface area contributed by atoms with Gasteiger partial charge < -0.3 is 9.84 Å². The summed E-state index contributed by atoms with van der Waals surface area (Å²) >= 11 is 0. The average molecular weight is 218 g/mol. The number of rotatable bonds is 4. The Balaban J connectivity index is 2.68. The number of carboxylic acid groups (broad SMARTS) is 1. The third-order valence-electron chi connectivity index (χ3n) is 1.51. The van der Waals surface area contributed by atoms with E-state index < -0.39 is 18.5 Å². The molecule has 1 N–H and O–H groups in total. The van der Waals surface area contributed by atoms with Gasteiger partial charge in [0.05, 0.1) is 12.4 Å². The van der Waals surface area contributed by atoms with Crippen LogP contribution in [0, 0.1) is 0 Å². The van der Waals surface area contributed by atoms with Crippen LogP contribution < -0.4 is 4.74 Å². The van der Waals surface area contributed by atoms with Crippen molar-refractivity contribution in [2.24, 2.45) is 0 Å². The van der Waals surface area contributed by atoms with Gasteiger partial charge in [-0.05, 0) is 6.92 Å². The van der Waals surface area contributed by atoms with Crippen LogP contribution in [0.1, 0.15) is 17.4 Å². The lowest BCUT2D eigenvalue weighted by Gasteiger charge is -2.11. The number of alkyl halides is 2. The second-order valence-electron chi connectivity index (χ2n) is 2.70. The van der Waals surface area contributed by atoms with E-state index in [-0.39, 0.29) is 11.6 Å². The standard InChI is InChI=1S/C8H8F2N2O3/c1-4(7(9)10)15-6-3-11-5(2-12-6)8(13)14/h2-4,7H,1H3,(H,13,14). The summed E-state index contributed by atoms with van der Waals surface area (Å²) in [6.45, 7) is 1.18. The molecular weight excluding hydrogens is 210 g/mol. The first-order chi connectivity index (χ1) is 7.00. The Morgan fingerprint density at radius 1 is 1.47 bits per heavy atom. The van der Waals surface area contributed by atoms with Gasteiger partial charge in [0.25, 0.3) is 6.43 Å². The molecule has 5 nitrogen and oxygen atoms in total. The molecule has 0 amide bonds. The van der Waals surface area contributed by atoms with Crippen molar-refractivity contribution < 1.29 is 23.4 Å². The molecule has 7 heteroatoms. The molecule has 1 heterocycles. The highest BCUT2D eigenvalue weighted by molar-refractivity contribution is 5.84. The largest absolute Gasteiger partial charge is 0.476 e. The molecule has 0 aliphatic heterocycles. The van der Waals surface area contributed by atoms with Crippen LogP contribution >= 0.6 is 0 Å². The molecule has 1 aromatic rings. The van der Waals surface area contributed by atoms with E-state index in [1.807, 2.05) is 0 Å². The Kier molecular flexibility index (Phi) is 3.48. The second-order valence-corrected chi connectivity index (χ2v) is 2.70. The third kappa shape index (κ3) is 3.12. The molecule has 0 fully saturated rings. The van der Waals surface area contributed by atoms with Crippen LogP contribution in [0.2, 0.25) is 0 Å². The lowest BCUT2D eigenvalue weighted by molar-refractivity contribution is 0.0198. The summed E-state index contributed by atoms with van der Waals surface area (Å²) in [7, 11) is 0. The SMILES string of the molecule is CC(Oc1cnc(C(=O)O)cn1)C(F)F. The molecule has 1 atom stereocenters. The van der Waals surface area contributed by atoms with Crippen molar-refractivity contribution in [1.29, 1.82) is 0 Å². The Bertz CT molecular complexity index is 342. The monoisotopic (exact) mass is 218 g/mol. The Morgan fingerprint density at radius 3 is 2.53 bits per heavy atom. The number of aromatic nitrogens is 2. The fourth-order valence-corrected chi connectivity index (χ4v) is 0.729. The summed E-state index contributed by atoms with van der Waals surface area (Å²) in [6.07, 6.45) is -2.01. The van der Waals surface area contributed by atoms with Crippen molar-refractivity contribution in [2.75, 3.05) is 0 Å². The summed E-state index contributed by atoms with van der Waals surface area (Å²) in [5, 5.41) is 8.48. The first kappa shape index (κ1) is 11.3. The predicted molar refractivity (Wildman–Crippen MR) is 45.1 cm³/mol. The minimum absolute atomic E-state index is 0.132. The number of ether oxygens (including phenoxy) is 1. The number of carboxylic acids is 1. The molecular formula is C8H8F2N2O3. The number of halogens is 2. The summed E-state index contributed by atoms with van der Waals surface area (Å²) in [6, 6.07) is 0. The van der Waals surface area contributed by atoms with Gasteiger partial charge in [-0.2, -0.15) is 0 Å². The fraction of sp³-hybridized carbons (Fsp3) is 0.375. The first-order valence-corrected chi connectivity index (χ1v) is 4.01. The Hall–Kier alpha value is -1.79. The van der Waals surface area contributed by atoms with Crippen LogP contribution in [0.15, 0.2) is 12.4 Å². The number of hydrogen-bond donors (Lipinski definition) is 1. The van der Waals surface area contributed by atoms with Gasteiger partial charge in [0.1, 0.15) is 0 Å². The normalized spacial score (nSPS) is 12.5. The first-order valence-electron chi connectivity index (χ1n) is 4.01. The lowest BCUT2D eigenvalue weighted by Crippen LogP contribution is -2.21. The topological polar surface area (TPSA) is 72.3 Å². The van der Waals surface area contributed by atoms with E-state index >= 15 is 0 Å². The van der Waals surface area contributed by atoms with E-state index in [4.69, 9.17) is 9.84 Å². The van der Waals surface area contributed by atoms with Gasteiger partial charge in [-0.15, -0.1) is 0 Å². The average Bonchev–Trinajstić information content (AvgIpc) is 2.18. The molecule has 0 spiro atoms. The molecule has 0 radical (unpaired) electrons. The van der Waals surface area contributed by atoms with E-state index in [2.05, 4.69) is 9.97 Å². The summed E-state index contributed by atoms with van der Waals surface area (Å²) in [5.74, 6) is -1.37. The highest BCUT2D eigenvalue weighted by Crippen LogP contribution is 2.11. The molecule has 1 aromatic heterocycles. The third-order valence-corrected chi connectivity index (χ3v) is 1.51. The molecule has 0 aromatic carbocycles. The lowest BCUT2D eigenvalue weighted by atomic mass is 10.4. The number of aromatic carboxylic acids is 1. The molecule has 0 saturated carbocycles. The summed E-state index contributed by atoms with van der Waals surface area (Å²) in [4.78, 5) is 17.4. The maximum Gasteiger partial charge on any atom is 0.356 e. The predicted octanol–water partition coefficient (Wildman–Crippen LogP) is 1.21. The van der Waals surface area contributed by atoms with Gasteiger partial charge in [-0.3, -0.25) is 0 Å². The second kappa shape index (κ2) is 4.63. The van der Waals surface area contributed by atoms with Crippen molar-refractivity contribution >= 4 is 5.97 Å². The van der Waals surface area contributed by atoms with Gasteiger partial charge in [0.15, 0.2) is 11.8 Å². The quantitative estimate of drug-likeness (QED) is 0.822. The van der Waals surface area contributed by atoms with Crippen LogP contribution in [0.4, 0.5) is 8.78 Å². The van der Waals surface area contributed by atoms with Crippen LogP contribution in [0.5, 0.6) is 5.88 Å². The van der Waals surface area contributed by atoms with Gasteiger partial charge in [0, 0.05) is 0 Å². The maximum atomic E-state index is 12.1. The molecule has 0 aliphatic carbocycles. The van der Waals surface area contributed by atoms with Crippen molar-refractivity contribution in [2.45, 2.75) is 19.5 Å². The Labute approximate surface area is 83.7 Å². The van der Waals surface area contributed by atoms with E-state index in [0.717, 1.165) is 12.4 Å². The smallest absolute Gasteiger partial charge is 0.356 e. The van der Waals surface area contributed by atoms with Crippen LogP contribution in [0.3, 0.4) is 0 Å². The zero-order valence-electron chi connectivity index (χ0n) is 7.72. The van der Waals surface area contributed by atoms with Crippen LogP contribution in [-0.4, -0.2) is 33.6 Å². The minimum atomic E-state index is -2.63. The summed E-state index contributed by atoms with van der Waals surface area (Å²) in [5.41, 5.74) is -0.271. The minimum Gasteiger partial charge on any atom is -0.476 e. The zero-order chi connectivity index (χ0) is 11.4. The van der Waals surface area contributed by atoms with E-state index in [9.17, 15) is 13.6 Å². The maximum absolute atomic E-state index is 12.1. The van der Waals surface area contributed by atoms with Crippen molar-refractivity contribution in [1.82, 2.24) is 9.97 Å². The number of nitrogens with zero attached hydrogens (tertiary/aromatic N) is 2. The van der Waals surface area contributed by atoms with E-state index in [0.29, 0.717) is 0 Å². The Morgan fingerprint density at radius 2 is 2.13 bits per heavy atom. The fourth-order valence-electron chi connectivity index (χ4n) is 0.729. The van der Waals surface area contributed by atoms with Crippen LogP contribution in [0.25, 0.3) is 0 Å². The van der Waals surface area contributed by atoms with E-state index in [1.54, 1.807) is 0 Å². The molecule has 0 bridgehead atoms. The van der Waals surface area contributed by atoms with Crippen molar-refractivity contribution in [3.8, 4) is 5.88 Å². The van der Waals surface area contributed by atoms with Crippen LogP contribution in [-0.2, 0) is 0 Å². The molecule has 0 saturated heterocycles. The van der Waals surface area contributed by atoms with Crippen molar-refractivity contribution in [3.63, 3.8) is 0 Å². The highest BCUT2D eigenvalue weighted by Gasteiger charge is 2.17. The van der Waals surface area contributed by atoms with Crippen molar-refractivity contribution in [3.05, 3.63) is 18.1 Å². The molecule has 1 rings (SSSR count). The highest BCUT2D eigenvalue weighted by atomic mass is 19.3. The van der Waals surface area contributed by atoms with Gasteiger partial charge in [-0.25, -0.2) is 23.5 Å². The molecule has 15 heavy (non-hydrogen) atoms.